The van der Waals surface area contributed by atoms with Crippen molar-refractivity contribution in [2.75, 3.05) is 19.5 Å². The molecule has 0 unspecified atom stereocenters. The van der Waals surface area contributed by atoms with Gasteiger partial charge in [-0.2, -0.15) is 5.10 Å². The van der Waals surface area contributed by atoms with E-state index in [0.717, 1.165) is 27.5 Å². The number of nitrogens with zero attached hydrogens (tertiary/aromatic N) is 3. The highest BCUT2D eigenvalue weighted by atomic mass is 32.1. The molecule has 2 aromatic carbocycles. The Hall–Kier alpha value is -2.70. The van der Waals surface area contributed by atoms with Gasteiger partial charge in [-0.3, -0.25) is 5.43 Å². The first-order valence-electron chi connectivity index (χ1n) is 7.88. The summed E-state index contributed by atoms with van der Waals surface area (Å²) < 4.78 is 0. The maximum atomic E-state index is 9.90. The number of nitrogens with one attached hydrogen (secondary N) is 1. The van der Waals surface area contributed by atoms with Crippen LogP contribution in [0.3, 0.4) is 0 Å². The molecule has 3 aromatic rings. The molecule has 0 bridgehead atoms. The van der Waals surface area contributed by atoms with Crippen LogP contribution in [0.5, 0.6) is 5.75 Å². The molecule has 1 heterocycles. The Balaban J connectivity index is 1.67. The monoisotopic (exact) mass is 352 g/mol. The number of phenols is 1. The van der Waals surface area contributed by atoms with Gasteiger partial charge in [0.1, 0.15) is 5.75 Å². The van der Waals surface area contributed by atoms with Crippen molar-refractivity contribution < 1.29 is 5.11 Å². The summed E-state index contributed by atoms with van der Waals surface area (Å²) in [4.78, 5) is 6.54. The largest absolute Gasteiger partial charge is 0.508 e. The van der Waals surface area contributed by atoms with E-state index in [-0.39, 0.29) is 0 Å². The molecule has 0 spiro atoms. The fourth-order valence-corrected chi connectivity index (χ4v) is 3.05. The Morgan fingerprint density at radius 3 is 2.76 bits per heavy atom. The number of benzene rings is 2. The van der Waals surface area contributed by atoms with E-state index in [9.17, 15) is 5.11 Å². The molecule has 0 radical (unpaired) electrons. The zero-order chi connectivity index (χ0) is 17.6. The SMILES string of the molecule is CN(C)Cc1cc(C=NNc2nc(-c3ccccc3)cs2)ccc1O. The minimum Gasteiger partial charge on any atom is -0.508 e. The van der Waals surface area contributed by atoms with Crippen molar-refractivity contribution in [3.8, 4) is 17.0 Å². The first-order chi connectivity index (χ1) is 12.1. The zero-order valence-corrected chi connectivity index (χ0v) is 15.0. The number of thiazole rings is 1. The number of hydrogen-bond donors (Lipinski definition) is 2. The van der Waals surface area contributed by atoms with E-state index in [2.05, 4.69) is 15.5 Å². The van der Waals surface area contributed by atoms with E-state index in [4.69, 9.17) is 0 Å². The molecule has 0 saturated carbocycles. The third-order valence-corrected chi connectivity index (χ3v) is 4.28. The van der Waals surface area contributed by atoms with Crippen molar-refractivity contribution in [3.05, 3.63) is 65.0 Å². The molecule has 0 atom stereocenters. The van der Waals surface area contributed by atoms with Gasteiger partial charge in [0.15, 0.2) is 0 Å². The van der Waals surface area contributed by atoms with Gasteiger partial charge in [-0.05, 0) is 37.9 Å². The fourth-order valence-electron chi connectivity index (χ4n) is 2.38. The zero-order valence-electron chi connectivity index (χ0n) is 14.2. The Morgan fingerprint density at radius 1 is 1.20 bits per heavy atom. The van der Waals surface area contributed by atoms with Crippen LogP contribution in [0, 0.1) is 0 Å². The van der Waals surface area contributed by atoms with E-state index in [0.29, 0.717) is 12.3 Å². The molecule has 0 amide bonds. The lowest BCUT2D eigenvalue weighted by molar-refractivity contribution is 0.386. The number of aromatic hydroxyl groups is 1. The first kappa shape index (κ1) is 17.1. The first-order valence-corrected chi connectivity index (χ1v) is 8.76. The smallest absolute Gasteiger partial charge is 0.203 e. The maximum Gasteiger partial charge on any atom is 0.203 e. The summed E-state index contributed by atoms with van der Waals surface area (Å²) in [6.07, 6.45) is 1.72. The molecular formula is C19H20N4OS. The summed E-state index contributed by atoms with van der Waals surface area (Å²) >= 11 is 1.51. The van der Waals surface area contributed by atoms with Gasteiger partial charge in [0.25, 0.3) is 0 Å². The summed E-state index contributed by atoms with van der Waals surface area (Å²) in [7, 11) is 3.93. The van der Waals surface area contributed by atoms with E-state index in [1.165, 1.54) is 11.3 Å². The van der Waals surface area contributed by atoms with Crippen molar-refractivity contribution in [3.63, 3.8) is 0 Å². The Morgan fingerprint density at radius 2 is 2.00 bits per heavy atom. The number of phenolic OH excluding ortho intramolecular Hbond substituents is 1. The average Bonchev–Trinajstić information content (AvgIpc) is 3.07. The van der Waals surface area contributed by atoms with E-state index < -0.39 is 0 Å². The van der Waals surface area contributed by atoms with Crippen LogP contribution in [0.25, 0.3) is 11.3 Å². The molecule has 0 aliphatic rings. The number of anilines is 1. The quantitative estimate of drug-likeness (QED) is 0.519. The number of aromatic nitrogens is 1. The van der Waals surface area contributed by atoms with E-state index in [1.54, 1.807) is 12.3 Å². The molecular weight excluding hydrogens is 332 g/mol. The molecule has 25 heavy (non-hydrogen) atoms. The molecule has 0 fully saturated rings. The van der Waals surface area contributed by atoms with Gasteiger partial charge in [0.05, 0.1) is 11.9 Å². The molecule has 5 nitrogen and oxygen atoms in total. The van der Waals surface area contributed by atoms with Gasteiger partial charge < -0.3 is 10.0 Å². The van der Waals surface area contributed by atoms with Gasteiger partial charge >= 0.3 is 0 Å². The van der Waals surface area contributed by atoms with Crippen LogP contribution in [0.2, 0.25) is 0 Å². The highest BCUT2D eigenvalue weighted by Crippen LogP contribution is 2.24. The Labute approximate surface area is 151 Å². The third kappa shape index (κ3) is 4.65. The molecule has 0 aliphatic carbocycles. The second-order valence-corrected chi connectivity index (χ2v) is 6.76. The number of hydrogen-bond acceptors (Lipinski definition) is 6. The minimum atomic E-state index is 0.297. The van der Waals surface area contributed by atoms with Crippen molar-refractivity contribution >= 4 is 22.7 Å². The van der Waals surface area contributed by atoms with Gasteiger partial charge in [-0.1, -0.05) is 30.3 Å². The highest BCUT2D eigenvalue weighted by molar-refractivity contribution is 7.14. The van der Waals surface area contributed by atoms with Crippen LogP contribution in [0.1, 0.15) is 11.1 Å². The van der Waals surface area contributed by atoms with Crippen molar-refractivity contribution in [2.24, 2.45) is 5.10 Å². The van der Waals surface area contributed by atoms with Crippen molar-refractivity contribution in [2.45, 2.75) is 6.54 Å². The van der Waals surface area contributed by atoms with Crippen molar-refractivity contribution in [1.82, 2.24) is 9.88 Å². The molecule has 3 rings (SSSR count). The van der Waals surface area contributed by atoms with Gasteiger partial charge in [-0.25, -0.2) is 4.98 Å². The summed E-state index contributed by atoms with van der Waals surface area (Å²) in [5.74, 6) is 0.297. The Kier molecular flexibility index (Phi) is 5.42. The number of hydrazone groups is 1. The molecule has 128 valence electrons. The Bertz CT molecular complexity index is 859. The summed E-state index contributed by atoms with van der Waals surface area (Å²) in [6, 6.07) is 15.5. The second-order valence-electron chi connectivity index (χ2n) is 5.90. The van der Waals surface area contributed by atoms with Crippen LogP contribution >= 0.6 is 11.3 Å². The standard InChI is InChI=1S/C19H20N4OS/c1-23(2)12-16-10-14(8-9-18(16)24)11-20-22-19-21-17(13-25-19)15-6-4-3-5-7-15/h3-11,13,24H,12H2,1-2H3,(H,21,22). The van der Waals surface area contributed by atoms with E-state index in [1.807, 2.05) is 66.8 Å². The predicted molar refractivity (Wildman–Crippen MR) is 104 cm³/mol. The van der Waals surface area contributed by atoms with Crippen LogP contribution in [0.15, 0.2) is 59.0 Å². The van der Waals surface area contributed by atoms with Crippen LogP contribution < -0.4 is 5.43 Å². The maximum absolute atomic E-state index is 9.90. The predicted octanol–water partition coefficient (Wildman–Crippen LogP) is 4.02. The van der Waals surface area contributed by atoms with Crippen molar-refractivity contribution in [1.29, 1.82) is 0 Å². The summed E-state index contributed by atoms with van der Waals surface area (Å²) in [6.45, 7) is 0.674. The molecule has 0 aliphatic heterocycles. The molecule has 2 N–H and O–H groups in total. The normalized spacial score (nSPS) is 11.3. The molecule has 6 heteroatoms. The summed E-state index contributed by atoms with van der Waals surface area (Å²) in [5.41, 5.74) is 6.77. The van der Waals surface area contributed by atoms with E-state index >= 15 is 0 Å². The third-order valence-electron chi connectivity index (χ3n) is 3.54. The highest BCUT2D eigenvalue weighted by Gasteiger charge is 2.04. The molecule has 1 aromatic heterocycles. The summed E-state index contributed by atoms with van der Waals surface area (Å²) in [5, 5.41) is 16.9. The molecule has 0 saturated heterocycles. The minimum absolute atomic E-state index is 0.297. The fraction of sp³-hybridized carbons (Fsp3) is 0.158. The van der Waals surface area contributed by atoms with Gasteiger partial charge in [-0.15, -0.1) is 11.3 Å². The van der Waals surface area contributed by atoms with Crippen LogP contribution in [0.4, 0.5) is 5.13 Å². The average molecular weight is 352 g/mol. The topological polar surface area (TPSA) is 60.8 Å². The van der Waals surface area contributed by atoms with Crippen LogP contribution in [-0.4, -0.2) is 35.3 Å². The lowest BCUT2D eigenvalue weighted by atomic mass is 10.1. The van der Waals surface area contributed by atoms with Crippen LogP contribution in [-0.2, 0) is 6.54 Å². The second kappa shape index (κ2) is 7.92. The lowest BCUT2D eigenvalue weighted by Gasteiger charge is -2.11. The number of rotatable bonds is 6. The van der Waals surface area contributed by atoms with Gasteiger partial charge in [0.2, 0.25) is 5.13 Å². The lowest BCUT2D eigenvalue weighted by Crippen LogP contribution is -2.11. The van der Waals surface area contributed by atoms with Gasteiger partial charge in [0, 0.05) is 23.1 Å².